The van der Waals surface area contributed by atoms with Crippen LogP contribution in [-0.4, -0.2) is 14.5 Å². The lowest BCUT2D eigenvalue weighted by atomic mass is 9.99. The summed E-state index contributed by atoms with van der Waals surface area (Å²) in [7, 11) is 0. The van der Waals surface area contributed by atoms with Crippen LogP contribution in [0.2, 0.25) is 0 Å². The van der Waals surface area contributed by atoms with Gasteiger partial charge in [-0.1, -0.05) is 121 Å². The van der Waals surface area contributed by atoms with Gasteiger partial charge < -0.3 is 8.98 Å². The smallest absolute Gasteiger partial charge is 0.161 e. The molecule has 3 aromatic heterocycles. The van der Waals surface area contributed by atoms with Gasteiger partial charge in [-0.3, -0.25) is 0 Å². The maximum absolute atomic E-state index is 6.91. The fourth-order valence-electron chi connectivity index (χ4n) is 7.16. The molecule has 0 amide bonds. The third kappa shape index (κ3) is 3.55. The van der Waals surface area contributed by atoms with Crippen LogP contribution >= 0.6 is 0 Å². The summed E-state index contributed by atoms with van der Waals surface area (Å²) >= 11 is 0. The van der Waals surface area contributed by atoms with Gasteiger partial charge in [-0.2, -0.15) is 0 Å². The van der Waals surface area contributed by atoms with Crippen molar-refractivity contribution in [2.24, 2.45) is 0 Å². The lowest BCUT2D eigenvalue weighted by Gasteiger charge is -2.11. The Balaban J connectivity index is 1.29. The van der Waals surface area contributed by atoms with Gasteiger partial charge >= 0.3 is 0 Å². The highest BCUT2D eigenvalue weighted by molar-refractivity contribution is 6.20. The Hall–Kier alpha value is -6.26. The average molecular weight is 588 g/mol. The van der Waals surface area contributed by atoms with E-state index in [0.29, 0.717) is 5.82 Å². The van der Waals surface area contributed by atoms with E-state index in [0.717, 1.165) is 77.2 Å². The lowest BCUT2D eigenvalue weighted by Crippen LogP contribution is -1.96. The summed E-state index contributed by atoms with van der Waals surface area (Å²) in [6.45, 7) is 0. The highest BCUT2D eigenvalue weighted by atomic mass is 16.3. The molecule has 0 spiro atoms. The van der Waals surface area contributed by atoms with Crippen molar-refractivity contribution in [3.8, 4) is 28.3 Å². The second-order valence-corrected chi connectivity index (χ2v) is 11.8. The van der Waals surface area contributed by atoms with Crippen molar-refractivity contribution in [2.75, 3.05) is 0 Å². The normalized spacial score (nSPS) is 11.9. The highest BCUT2D eigenvalue weighted by Crippen LogP contribution is 2.43. The van der Waals surface area contributed by atoms with Crippen LogP contribution in [0.25, 0.3) is 93.8 Å². The number of fused-ring (bicyclic) bond motifs is 9. The van der Waals surface area contributed by atoms with Crippen LogP contribution in [-0.2, 0) is 0 Å². The van der Waals surface area contributed by atoms with Crippen LogP contribution in [0.15, 0.2) is 156 Å². The molecule has 4 nitrogen and oxygen atoms in total. The van der Waals surface area contributed by atoms with Crippen LogP contribution in [0.5, 0.6) is 0 Å². The maximum atomic E-state index is 6.91. The van der Waals surface area contributed by atoms with Gasteiger partial charge in [0.2, 0.25) is 0 Å². The van der Waals surface area contributed by atoms with Gasteiger partial charge in [0.05, 0.1) is 27.9 Å². The predicted octanol–water partition coefficient (Wildman–Crippen LogP) is 11.1. The minimum atomic E-state index is 0.698. The first-order chi connectivity index (χ1) is 22.8. The molecule has 0 aliphatic heterocycles. The number of furan rings is 1. The summed E-state index contributed by atoms with van der Waals surface area (Å²) in [5.41, 5.74) is 8.94. The molecule has 10 aromatic rings. The summed E-state index contributed by atoms with van der Waals surface area (Å²) in [6, 6.07) is 52.9. The quantitative estimate of drug-likeness (QED) is 0.207. The fraction of sp³-hybridized carbons (Fsp3) is 0. The van der Waals surface area contributed by atoms with Crippen molar-refractivity contribution < 1.29 is 4.42 Å². The second kappa shape index (κ2) is 9.62. The van der Waals surface area contributed by atoms with E-state index in [2.05, 4.69) is 138 Å². The molecule has 3 heterocycles. The minimum absolute atomic E-state index is 0.698. The topological polar surface area (TPSA) is 43.9 Å². The summed E-state index contributed by atoms with van der Waals surface area (Å²) < 4.78 is 9.24. The van der Waals surface area contributed by atoms with Crippen molar-refractivity contribution in [3.05, 3.63) is 152 Å². The zero-order valence-electron chi connectivity index (χ0n) is 24.7. The van der Waals surface area contributed by atoms with E-state index in [-0.39, 0.29) is 0 Å². The molecule has 0 saturated carbocycles. The minimum Gasteiger partial charge on any atom is -0.453 e. The third-order valence-corrected chi connectivity index (χ3v) is 9.20. The molecule has 0 fully saturated rings. The Kier molecular flexibility index (Phi) is 5.25. The first-order valence-corrected chi connectivity index (χ1v) is 15.5. The molecular weight excluding hydrogens is 562 g/mol. The number of para-hydroxylation sites is 4. The maximum Gasteiger partial charge on any atom is 0.161 e. The number of aromatic nitrogens is 3. The second-order valence-electron chi connectivity index (χ2n) is 11.8. The molecular formula is C42H25N3O. The Morgan fingerprint density at radius 2 is 1.02 bits per heavy atom. The van der Waals surface area contributed by atoms with Gasteiger partial charge in [-0.05, 0) is 35.7 Å². The summed E-state index contributed by atoms with van der Waals surface area (Å²) in [5, 5.41) is 7.68. The van der Waals surface area contributed by atoms with Gasteiger partial charge in [-0.25, -0.2) is 9.97 Å². The van der Waals surface area contributed by atoms with Crippen molar-refractivity contribution in [2.45, 2.75) is 0 Å². The Morgan fingerprint density at radius 1 is 0.435 bits per heavy atom. The number of rotatable bonds is 3. The molecule has 0 bridgehead atoms. The van der Waals surface area contributed by atoms with E-state index in [9.17, 15) is 0 Å². The first kappa shape index (κ1) is 25.1. The summed E-state index contributed by atoms with van der Waals surface area (Å²) in [4.78, 5) is 10.4. The van der Waals surface area contributed by atoms with Crippen LogP contribution in [0.3, 0.4) is 0 Å². The van der Waals surface area contributed by atoms with Crippen LogP contribution in [0.4, 0.5) is 0 Å². The molecule has 10 rings (SSSR count). The number of benzene rings is 7. The Labute approximate surface area is 263 Å². The molecule has 214 valence electrons. The molecule has 46 heavy (non-hydrogen) atoms. The number of hydrogen-bond donors (Lipinski definition) is 0. The van der Waals surface area contributed by atoms with E-state index >= 15 is 0 Å². The average Bonchev–Trinajstić information content (AvgIpc) is 3.67. The Bertz CT molecular complexity index is 2760. The van der Waals surface area contributed by atoms with Crippen LogP contribution in [0, 0.1) is 0 Å². The molecule has 0 saturated heterocycles. The standard InChI is InChI=1S/C42H25N3O/c1-2-13-26(14-3-1)39-32-19-6-9-21-35(32)43-42(44-39)34-25-33-31-20-12-24-38(41(31)46-40(33)30-18-5-4-15-27(30)34)45-36-22-10-7-16-28(36)29-17-8-11-23-37(29)45/h1-25H. The van der Waals surface area contributed by atoms with E-state index in [1.807, 2.05) is 18.2 Å². The van der Waals surface area contributed by atoms with Gasteiger partial charge in [0.25, 0.3) is 0 Å². The SMILES string of the molecule is c1ccc(-c2nc(-c3cc4c5cccc(-n6c7ccccc7c7ccccc76)c5oc4c4ccccc34)nc3ccccc23)cc1. The first-order valence-electron chi connectivity index (χ1n) is 15.5. The van der Waals surface area contributed by atoms with Gasteiger partial charge in [-0.15, -0.1) is 0 Å². The highest BCUT2D eigenvalue weighted by Gasteiger charge is 2.21. The molecule has 0 N–H and O–H groups in total. The summed E-state index contributed by atoms with van der Waals surface area (Å²) in [5.74, 6) is 0.698. The molecule has 0 aliphatic rings. The predicted molar refractivity (Wildman–Crippen MR) is 190 cm³/mol. The van der Waals surface area contributed by atoms with Gasteiger partial charge in [0.1, 0.15) is 5.58 Å². The van der Waals surface area contributed by atoms with Gasteiger partial charge in [0, 0.05) is 43.4 Å². The van der Waals surface area contributed by atoms with E-state index in [4.69, 9.17) is 14.4 Å². The molecule has 0 unspecified atom stereocenters. The molecule has 0 aliphatic carbocycles. The number of nitrogens with zero attached hydrogens (tertiary/aromatic N) is 3. The third-order valence-electron chi connectivity index (χ3n) is 9.20. The van der Waals surface area contributed by atoms with Gasteiger partial charge in [0.15, 0.2) is 11.4 Å². The van der Waals surface area contributed by atoms with Crippen LogP contribution < -0.4 is 0 Å². The van der Waals surface area contributed by atoms with Crippen molar-refractivity contribution in [1.29, 1.82) is 0 Å². The Morgan fingerprint density at radius 3 is 1.78 bits per heavy atom. The largest absolute Gasteiger partial charge is 0.453 e. The fourth-order valence-corrected chi connectivity index (χ4v) is 7.16. The lowest BCUT2D eigenvalue weighted by molar-refractivity contribution is 0.670. The molecule has 7 aromatic carbocycles. The monoisotopic (exact) mass is 587 g/mol. The zero-order chi connectivity index (χ0) is 30.2. The van der Waals surface area contributed by atoms with Crippen molar-refractivity contribution >= 4 is 65.4 Å². The zero-order valence-corrected chi connectivity index (χ0v) is 24.7. The van der Waals surface area contributed by atoms with E-state index in [1.54, 1.807) is 0 Å². The molecule has 0 radical (unpaired) electrons. The van der Waals surface area contributed by atoms with Crippen molar-refractivity contribution in [3.63, 3.8) is 0 Å². The van der Waals surface area contributed by atoms with Crippen LogP contribution in [0.1, 0.15) is 0 Å². The van der Waals surface area contributed by atoms with E-state index in [1.165, 1.54) is 10.8 Å². The molecule has 4 heteroatoms. The van der Waals surface area contributed by atoms with Crippen molar-refractivity contribution in [1.82, 2.24) is 14.5 Å². The summed E-state index contributed by atoms with van der Waals surface area (Å²) in [6.07, 6.45) is 0. The molecule has 0 atom stereocenters. The number of hydrogen-bond acceptors (Lipinski definition) is 3. The van der Waals surface area contributed by atoms with E-state index < -0.39 is 0 Å².